The predicted molar refractivity (Wildman–Crippen MR) is 209 cm³/mol. The van der Waals surface area contributed by atoms with Crippen LogP contribution in [-0.2, 0) is 9.84 Å². The summed E-state index contributed by atoms with van der Waals surface area (Å²) in [6.45, 7) is 13.2. The molecule has 48 heavy (non-hydrogen) atoms. The maximum Gasteiger partial charge on any atom is 0.189 e. The number of nitrogens with zero attached hydrogens (tertiary/aromatic N) is 2. The van der Waals surface area contributed by atoms with E-state index in [9.17, 15) is 8.42 Å². The zero-order valence-electron chi connectivity index (χ0n) is 30.8. The second-order valence-corrected chi connectivity index (χ2v) is 15.7. The van der Waals surface area contributed by atoms with Crippen LogP contribution >= 0.6 is 0 Å². The highest BCUT2D eigenvalue weighted by Gasteiger charge is 2.31. The fourth-order valence-corrected chi connectivity index (χ4v) is 8.51. The number of rotatable bonds is 26. The number of unbranched alkanes of at least 4 members (excludes halogenated alkanes) is 12. The third kappa shape index (κ3) is 12.9. The van der Waals surface area contributed by atoms with Gasteiger partial charge in [-0.15, -0.1) is 0 Å². The largest absolute Gasteiger partial charge is 0.372 e. The molecule has 0 aliphatic carbocycles. The number of anilines is 2. The SMILES string of the molecule is CCCCCCN(CCCCCC)c1ccc(C(c2ccc(N(CCCCCC)CCCCCC)cc2)S(=O)(=O)c2ccccc2)cc1. The zero-order valence-corrected chi connectivity index (χ0v) is 31.7. The molecule has 3 aromatic carbocycles. The lowest BCUT2D eigenvalue weighted by Crippen LogP contribution is -2.26. The van der Waals surface area contributed by atoms with Gasteiger partial charge in [-0.25, -0.2) is 8.42 Å². The topological polar surface area (TPSA) is 40.6 Å². The quantitative estimate of drug-likeness (QED) is 0.0795. The predicted octanol–water partition coefficient (Wildman–Crippen LogP) is 12.2. The molecule has 0 aromatic heterocycles. The van der Waals surface area contributed by atoms with Gasteiger partial charge in [0.15, 0.2) is 9.84 Å². The van der Waals surface area contributed by atoms with Gasteiger partial charge in [-0.3, -0.25) is 0 Å². The molecule has 5 heteroatoms. The van der Waals surface area contributed by atoms with Crippen molar-refractivity contribution in [3.05, 3.63) is 90.0 Å². The van der Waals surface area contributed by atoms with E-state index in [1.165, 1.54) is 114 Å². The van der Waals surface area contributed by atoms with Crippen LogP contribution in [0.5, 0.6) is 0 Å². The van der Waals surface area contributed by atoms with Crippen molar-refractivity contribution >= 4 is 21.2 Å². The maximum atomic E-state index is 14.4. The van der Waals surface area contributed by atoms with E-state index in [0.29, 0.717) is 4.90 Å². The third-order valence-electron chi connectivity index (χ3n) is 9.63. The Hall–Kier alpha value is -2.79. The van der Waals surface area contributed by atoms with Gasteiger partial charge in [0.25, 0.3) is 0 Å². The van der Waals surface area contributed by atoms with E-state index >= 15 is 0 Å². The third-order valence-corrected chi connectivity index (χ3v) is 11.7. The van der Waals surface area contributed by atoms with Gasteiger partial charge in [-0.1, -0.05) is 147 Å². The first-order chi connectivity index (χ1) is 23.5. The highest BCUT2D eigenvalue weighted by Crippen LogP contribution is 2.37. The number of sulfone groups is 1. The van der Waals surface area contributed by atoms with Crippen LogP contribution in [0.15, 0.2) is 83.8 Å². The molecule has 0 aliphatic rings. The Balaban J connectivity index is 1.92. The molecule has 3 aromatic rings. The lowest BCUT2D eigenvalue weighted by atomic mass is 10.0. The summed E-state index contributed by atoms with van der Waals surface area (Å²) in [6.07, 6.45) is 19.8. The number of benzene rings is 3. The number of hydrogen-bond donors (Lipinski definition) is 0. The Bertz CT molecular complexity index is 1240. The molecule has 266 valence electrons. The van der Waals surface area contributed by atoms with E-state index in [1.54, 1.807) is 12.1 Å². The van der Waals surface area contributed by atoms with Crippen molar-refractivity contribution in [3.63, 3.8) is 0 Å². The van der Waals surface area contributed by atoms with Gasteiger partial charge in [-0.2, -0.15) is 0 Å². The molecule has 0 radical (unpaired) electrons. The molecule has 0 heterocycles. The van der Waals surface area contributed by atoms with Gasteiger partial charge in [0.05, 0.1) is 4.90 Å². The van der Waals surface area contributed by atoms with Crippen molar-refractivity contribution in [1.29, 1.82) is 0 Å². The first kappa shape index (κ1) is 39.6. The summed E-state index contributed by atoms with van der Waals surface area (Å²) in [5, 5.41) is -0.770. The van der Waals surface area contributed by atoms with Crippen molar-refractivity contribution in [3.8, 4) is 0 Å². The monoisotopic (exact) mass is 674 g/mol. The van der Waals surface area contributed by atoms with Crippen molar-refractivity contribution in [2.75, 3.05) is 36.0 Å². The van der Waals surface area contributed by atoms with Gasteiger partial charge >= 0.3 is 0 Å². The van der Waals surface area contributed by atoms with E-state index in [-0.39, 0.29) is 0 Å². The molecule has 4 nitrogen and oxygen atoms in total. The molecule has 0 aliphatic heterocycles. The fourth-order valence-electron chi connectivity index (χ4n) is 6.67. The van der Waals surface area contributed by atoms with Crippen LogP contribution in [0, 0.1) is 0 Å². The Morgan fingerprint density at radius 2 is 0.771 bits per heavy atom. The minimum atomic E-state index is -3.68. The first-order valence-corrected chi connectivity index (χ1v) is 21.0. The molecule has 3 rings (SSSR count). The normalized spacial score (nSPS) is 11.7. The molecule has 0 saturated heterocycles. The zero-order chi connectivity index (χ0) is 34.5. The van der Waals surface area contributed by atoms with Crippen LogP contribution in [0.4, 0.5) is 11.4 Å². The highest BCUT2D eigenvalue weighted by atomic mass is 32.2. The van der Waals surface area contributed by atoms with E-state index in [1.807, 2.05) is 18.2 Å². The van der Waals surface area contributed by atoms with Gasteiger partial charge < -0.3 is 9.80 Å². The Kier molecular flexibility index (Phi) is 18.8. The summed E-state index contributed by atoms with van der Waals surface area (Å²) in [6, 6.07) is 25.9. The van der Waals surface area contributed by atoms with Crippen molar-refractivity contribution < 1.29 is 8.42 Å². The summed E-state index contributed by atoms with van der Waals surface area (Å²) in [7, 11) is -3.68. The summed E-state index contributed by atoms with van der Waals surface area (Å²) in [5.41, 5.74) is 4.03. The van der Waals surface area contributed by atoms with Crippen LogP contribution in [0.1, 0.15) is 147 Å². The lowest BCUT2D eigenvalue weighted by molar-refractivity contribution is 0.589. The fraction of sp³-hybridized carbons (Fsp3) is 0.581. The van der Waals surface area contributed by atoms with Crippen LogP contribution in [-0.4, -0.2) is 34.6 Å². The number of hydrogen-bond acceptors (Lipinski definition) is 4. The molecular formula is C43H66N2O2S. The molecule has 0 amide bonds. The average molecular weight is 675 g/mol. The molecule has 0 saturated carbocycles. The Labute approximate surface area is 295 Å². The van der Waals surface area contributed by atoms with E-state index < -0.39 is 15.1 Å². The molecule has 0 fully saturated rings. The summed E-state index contributed by atoms with van der Waals surface area (Å²) in [4.78, 5) is 5.39. The van der Waals surface area contributed by atoms with Crippen LogP contribution in [0.2, 0.25) is 0 Å². The standard InChI is InChI=1S/C43H66N2O2S/c1-5-9-13-20-34-44(35-21-14-10-6-2)40-30-26-38(27-31-40)43(48(46,47)42-24-18-17-19-25-42)39-28-32-41(33-29-39)45(36-22-15-11-7-3)37-23-16-12-8-4/h17-19,24-33,43H,5-16,20-23,34-37H2,1-4H3. The van der Waals surface area contributed by atoms with Crippen LogP contribution in [0.25, 0.3) is 0 Å². The molecule has 0 unspecified atom stereocenters. The van der Waals surface area contributed by atoms with Crippen molar-refractivity contribution in [1.82, 2.24) is 0 Å². The second kappa shape index (κ2) is 22.8. The van der Waals surface area contributed by atoms with Gasteiger partial charge in [-0.05, 0) is 73.2 Å². The maximum absolute atomic E-state index is 14.4. The van der Waals surface area contributed by atoms with Crippen LogP contribution in [0.3, 0.4) is 0 Å². The summed E-state index contributed by atoms with van der Waals surface area (Å²) >= 11 is 0. The molecule has 0 N–H and O–H groups in total. The van der Waals surface area contributed by atoms with E-state index in [0.717, 1.165) is 37.3 Å². The molecule has 0 atom stereocenters. The summed E-state index contributed by atoms with van der Waals surface area (Å²) in [5.74, 6) is 0. The minimum Gasteiger partial charge on any atom is -0.372 e. The Morgan fingerprint density at radius 1 is 0.438 bits per heavy atom. The highest BCUT2D eigenvalue weighted by molar-refractivity contribution is 7.91. The lowest BCUT2D eigenvalue weighted by Gasteiger charge is -2.27. The smallest absolute Gasteiger partial charge is 0.189 e. The second-order valence-electron chi connectivity index (χ2n) is 13.6. The van der Waals surface area contributed by atoms with E-state index in [4.69, 9.17) is 0 Å². The van der Waals surface area contributed by atoms with Gasteiger partial charge in [0, 0.05) is 37.6 Å². The summed E-state index contributed by atoms with van der Waals surface area (Å²) < 4.78 is 28.7. The van der Waals surface area contributed by atoms with Crippen molar-refractivity contribution in [2.45, 2.75) is 141 Å². The minimum absolute atomic E-state index is 0.366. The average Bonchev–Trinajstić information content (AvgIpc) is 3.11. The molecule has 0 spiro atoms. The Morgan fingerprint density at radius 3 is 1.08 bits per heavy atom. The van der Waals surface area contributed by atoms with Gasteiger partial charge in [0.1, 0.15) is 5.25 Å². The van der Waals surface area contributed by atoms with Crippen LogP contribution < -0.4 is 9.80 Å². The van der Waals surface area contributed by atoms with E-state index in [2.05, 4.69) is 86.0 Å². The molecule has 0 bridgehead atoms. The first-order valence-electron chi connectivity index (χ1n) is 19.4. The van der Waals surface area contributed by atoms with Gasteiger partial charge in [0.2, 0.25) is 0 Å². The van der Waals surface area contributed by atoms with Crippen molar-refractivity contribution in [2.24, 2.45) is 0 Å². The molecular weight excluding hydrogens is 609 g/mol.